The minimum atomic E-state index is -1.21. The van der Waals surface area contributed by atoms with Gasteiger partial charge in [-0.3, -0.25) is 19.7 Å². The summed E-state index contributed by atoms with van der Waals surface area (Å²) in [5.74, 6) is -1.35. The van der Waals surface area contributed by atoms with Crippen LogP contribution in [0.4, 0.5) is 11.4 Å². The van der Waals surface area contributed by atoms with E-state index in [9.17, 15) is 24.5 Å². The maximum atomic E-state index is 12.1. The van der Waals surface area contributed by atoms with E-state index >= 15 is 0 Å². The number of hydrogen-bond donors (Lipinski definition) is 1. The van der Waals surface area contributed by atoms with E-state index in [0.29, 0.717) is 6.29 Å². The van der Waals surface area contributed by atoms with Crippen molar-refractivity contribution in [2.45, 2.75) is 13.0 Å². The Morgan fingerprint density at radius 1 is 1.19 bits per heavy atom. The number of hydrogen-bond acceptors (Lipinski definition) is 7. The number of nitro groups is 1. The molecule has 1 atom stereocenters. The molecule has 27 heavy (non-hydrogen) atoms. The van der Waals surface area contributed by atoms with Gasteiger partial charge in [0.05, 0.1) is 10.5 Å². The molecule has 9 heteroatoms. The molecule has 1 amide bonds. The second kappa shape index (κ2) is 9.09. The fraction of sp³-hybridized carbons (Fsp3) is 0.167. The molecule has 0 spiro atoms. The molecule has 0 aliphatic heterocycles. The minimum Gasteiger partial charge on any atom is -0.481 e. The van der Waals surface area contributed by atoms with Gasteiger partial charge in [-0.15, -0.1) is 0 Å². The topological polar surface area (TPSA) is 125 Å². The Bertz CT molecular complexity index is 866. The third-order valence-electron chi connectivity index (χ3n) is 3.43. The summed E-state index contributed by atoms with van der Waals surface area (Å²) in [5, 5.41) is 13.3. The van der Waals surface area contributed by atoms with Gasteiger partial charge in [0.25, 0.3) is 11.6 Å². The van der Waals surface area contributed by atoms with Crippen molar-refractivity contribution in [3.8, 4) is 5.75 Å². The highest BCUT2D eigenvalue weighted by Crippen LogP contribution is 2.23. The molecule has 2 aromatic carbocycles. The lowest BCUT2D eigenvalue weighted by Gasteiger charge is -2.14. The Hall–Kier alpha value is -3.75. The molecule has 0 fully saturated rings. The van der Waals surface area contributed by atoms with Crippen molar-refractivity contribution >= 4 is 29.5 Å². The number of carbonyl (C=O) groups is 3. The summed E-state index contributed by atoms with van der Waals surface area (Å²) in [6.45, 7) is 0.815. The lowest BCUT2D eigenvalue weighted by atomic mass is 10.2. The molecule has 2 aromatic rings. The molecule has 0 aliphatic rings. The van der Waals surface area contributed by atoms with Crippen LogP contribution in [0.5, 0.6) is 5.75 Å². The van der Waals surface area contributed by atoms with Crippen LogP contribution >= 0.6 is 0 Å². The molecule has 2 rings (SSSR count). The predicted octanol–water partition coefficient (Wildman–Crippen LogP) is 2.36. The van der Waals surface area contributed by atoms with Gasteiger partial charge in [0.2, 0.25) is 0 Å². The highest BCUT2D eigenvalue weighted by molar-refractivity contribution is 5.96. The number of aldehydes is 1. The smallest absolute Gasteiger partial charge is 0.344 e. The molecule has 0 saturated carbocycles. The molecule has 0 saturated heterocycles. The van der Waals surface area contributed by atoms with Gasteiger partial charge in [0.15, 0.2) is 19.0 Å². The van der Waals surface area contributed by atoms with E-state index in [-0.39, 0.29) is 22.7 Å². The van der Waals surface area contributed by atoms with Gasteiger partial charge in [-0.2, -0.15) is 0 Å². The van der Waals surface area contributed by atoms with E-state index in [1.807, 2.05) is 0 Å². The number of carbonyl (C=O) groups excluding carboxylic acids is 3. The Kier molecular flexibility index (Phi) is 6.59. The average Bonchev–Trinajstić information content (AvgIpc) is 2.66. The van der Waals surface area contributed by atoms with Crippen molar-refractivity contribution in [1.82, 2.24) is 0 Å². The highest BCUT2D eigenvalue weighted by atomic mass is 16.6. The second-order valence-electron chi connectivity index (χ2n) is 5.34. The summed E-state index contributed by atoms with van der Waals surface area (Å²) in [5.41, 5.74) is -0.0165. The maximum absolute atomic E-state index is 12.1. The molecule has 0 heterocycles. The quantitative estimate of drug-likeness (QED) is 0.326. The van der Waals surface area contributed by atoms with Crippen LogP contribution in [0.1, 0.15) is 17.3 Å². The Balaban J connectivity index is 1.91. The zero-order valence-electron chi connectivity index (χ0n) is 14.3. The predicted molar refractivity (Wildman–Crippen MR) is 94.6 cm³/mol. The molecule has 0 aliphatic carbocycles. The van der Waals surface area contributed by atoms with Gasteiger partial charge in [-0.25, -0.2) is 4.79 Å². The molecule has 0 aromatic heterocycles. The fourth-order valence-electron chi connectivity index (χ4n) is 2.10. The Morgan fingerprint density at radius 3 is 2.56 bits per heavy atom. The summed E-state index contributed by atoms with van der Waals surface area (Å²) in [4.78, 5) is 45.1. The van der Waals surface area contributed by atoms with Gasteiger partial charge in [0.1, 0.15) is 11.4 Å². The SMILES string of the molecule is C[C@H](OC(=O)COc1ccccc1C=O)C(=O)Nc1ccccc1[N+](=O)[O-]. The maximum Gasteiger partial charge on any atom is 0.344 e. The first-order chi connectivity index (χ1) is 12.9. The number of rotatable bonds is 8. The summed E-state index contributed by atoms with van der Waals surface area (Å²) in [6.07, 6.45) is -0.619. The molecule has 9 nitrogen and oxygen atoms in total. The number of nitro benzene ring substituents is 1. The van der Waals surface area contributed by atoms with Crippen molar-refractivity contribution in [2.75, 3.05) is 11.9 Å². The van der Waals surface area contributed by atoms with E-state index in [2.05, 4.69) is 5.32 Å². The first-order valence-corrected chi connectivity index (χ1v) is 7.83. The van der Waals surface area contributed by atoms with Crippen LogP contribution in [-0.2, 0) is 14.3 Å². The number of anilines is 1. The van der Waals surface area contributed by atoms with E-state index in [4.69, 9.17) is 9.47 Å². The van der Waals surface area contributed by atoms with Crippen molar-refractivity contribution in [1.29, 1.82) is 0 Å². The lowest BCUT2D eigenvalue weighted by molar-refractivity contribution is -0.383. The molecular formula is C18H16N2O7. The van der Waals surface area contributed by atoms with Gasteiger partial charge in [0, 0.05) is 6.07 Å². The van der Waals surface area contributed by atoms with Crippen LogP contribution in [0.25, 0.3) is 0 Å². The first kappa shape index (κ1) is 19.6. The van der Waals surface area contributed by atoms with Crippen molar-refractivity contribution in [3.05, 3.63) is 64.2 Å². The van der Waals surface area contributed by atoms with Crippen molar-refractivity contribution < 1.29 is 28.8 Å². The highest BCUT2D eigenvalue weighted by Gasteiger charge is 2.22. The number of nitrogens with zero attached hydrogens (tertiary/aromatic N) is 1. The van der Waals surface area contributed by atoms with E-state index in [1.165, 1.54) is 43.3 Å². The van der Waals surface area contributed by atoms with Gasteiger partial charge < -0.3 is 14.8 Å². The van der Waals surface area contributed by atoms with Crippen molar-refractivity contribution in [3.63, 3.8) is 0 Å². The zero-order chi connectivity index (χ0) is 19.8. The first-order valence-electron chi connectivity index (χ1n) is 7.83. The molecular weight excluding hydrogens is 356 g/mol. The molecule has 0 unspecified atom stereocenters. The van der Waals surface area contributed by atoms with Crippen LogP contribution in [0.2, 0.25) is 0 Å². The zero-order valence-corrected chi connectivity index (χ0v) is 14.3. The third-order valence-corrected chi connectivity index (χ3v) is 3.43. The minimum absolute atomic E-state index is 0.00782. The van der Waals surface area contributed by atoms with E-state index < -0.39 is 29.5 Å². The summed E-state index contributed by atoms with van der Waals surface area (Å²) < 4.78 is 10.2. The van der Waals surface area contributed by atoms with Crippen LogP contribution in [0, 0.1) is 10.1 Å². The van der Waals surface area contributed by atoms with Crippen LogP contribution in [0.3, 0.4) is 0 Å². The van der Waals surface area contributed by atoms with Crippen molar-refractivity contribution in [2.24, 2.45) is 0 Å². The van der Waals surface area contributed by atoms with Crippen LogP contribution in [0.15, 0.2) is 48.5 Å². The molecule has 0 radical (unpaired) electrons. The monoisotopic (exact) mass is 372 g/mol. The number of benzene rings is 2. The number of nitrogens with one attached hydrogen (secondary N) is 1. The standard InChI is InChI=1S/C18H16N2O7/c1-12(18(23)19-14-7-3-4-8-15(14)20(24)25)27-17(22)11-26-16-9-5-2-6-13(16)10-21/h2-10,12H,11H2,1H3,(H,19,23)/t12-/m0/s1. The molecule has 1 N–H and O–H groups in total. The third kappa shape index (κ3) is 5.36. The molecule has 140 valence electrons. The van der Waals surface area contributed by atoms with Gasteiger partial charge in [-0.1, -0.05) is 24.3 Å². The number of esters is 1. The Morgan fingerprint density at radius 2 is 1.85 bits per heavy atom. The summed E-state index contributed by atoms with van der Waals surface area (Å²) in [6, 6.07) is 11.9. The van der Waals surface area contributed by atoms with E-state index in [1.54, 1.807) is 12.1 Å². The van der Waals surface area contributed by atoms with Gasteiger partial charge in [-0.05, 0) is 25.1 Å². The van der Waals surface area contributed by atoms with E-state index in [0.717, 1.165) is 0 Å². The average molecular weight is 372 g/mol. The summed E-state index contributed by atoms with van der Waals surface area (Å²) in [7, 11) is 0. The number of amides is 1. The Labute approximate surface area is 154 Å². The number of ether oxygens (including phenoxy) is 2. The summed E-state index contributed by atoms with van der Waals surface area (Å²) >= 11 is 0. The van der Waals surface area contributed by atoms with Gasteiger partial charge >= 0.3 is 5.97 Å². The lowest BCUT2D eigenvalue weighted by Crippen LogP contribution is -2.31. The normalized spacial score (nSPS) is 11.1. The second-order valence-corrected chi connectivity index (χ2v) is 5.34. The fourth-order valence-corrected chi connectivity index (χ4v) is 2.10. The molecule has 0 bridgehead atoms. The number of para-hydroxylation sites is 3. The van der Waals surface area contributed by atoms with Crippen LogP contribution < -0.4 is 10.1 Å². The van der Waals surface area contributed by atoms with Crippen LogP contribution in [-0.4, -0.2) is 35.8 Å². The largest absolute Gasteiger partial charge is 0.481 e.